The van der Waals surface area contributed by atoms with Gasteiger partial charge in [0.25, 0.3) is 0 Å². The van der Waals surface area contributed by atoms with E-state index in [1.807, 2.05) is 0 Å². The lowest BCUT2D eigenvalue weighted by atomic mass is 10.0. The van der Waals surface area contributed by atoms with Crippen molar-refractivity contribution in [2.24, 2.45) is 0 Å². The van der Waals surface area contributed by atoms with Crippen LogP contribution in [0.1, 0.15) is 30.9 Å². The average Bonchev–Trinajstić information content (AvgIpc) is 2.67. The Morgan fingerprint density at radius 2 is 1.58 bits per heavy atom. The molecule has 0 aromatic heterocycles. The predicted molar refractivity (Wildman–Crippen MR) is 96.3 cm³/mol. The Kier molecular flexibility index (Phi) is 5.68. The summed E-state index contributed by atoms with van der Waals surface area (Å²) in [5.41, 5.74) is 0.578. The SMILES string of the molecule is O=C([C@@H](NS(=O)(=O)c1ccc(F)cc1)c1ccccc1)N1CCCCC1. The van der Waals surface area contributed by atoms with Gasteiger partial charge in [0.05, 0.1) is 4.90 Å². The first-order valence-electron chi connectivity index (χ1n) is 8.59. The van der Waals surface area contributed by atoms with E-state index >= 15 is 0 Å². The molecule has 138 valence electrons. The molecule has 1 atom stereocenters. The minimum atomic E-state index is -3.97. The summed E-state index contributed by atoms with van der Waals surface area (Å²) >= 11 is 0. The number of nitrogens with zero attached hydrogens (tertiary/aromatic N) is 1. The molecular formula is C19H21FN2O3S. The predicted octanol–water partition coefficient (Wildman–Crippen LogP) is 2.86. The van der Waals surface area contributed by atoms with Crippen molar-refractivity contribution in [1.82, 2.24) is 9.62 Å². The number of carbonyl (C=O) groups is 1. The van der Waals surface area contributed by atoms with Gasteiger partial charge in [-0.15, -0.1) is 0 Å². The number of hydrogen-bond acceptors (Lipinski definition) is 3. The van der Waals surface area contributed by atoms with Crippen molar-refractivity contribution < 1.29 is 17.6 Å². The standard InChI is InChI=1S/C19H21FN2O3S/c20-16-9-11-17(12-10-16)26(24,25)21-18(15-7-3-1-4-8-15)19(23)22-13-5-2-6-14-22/h1,3-4,7-12,18,21H,2,5-6,13-14H2/t18-/m0/s1. The Morgan fingerprint density at radius 1 is 0.962 bits per heavy atom. The molecule has 0 radical (unpaired) electrons. The summed E-state index contributed by atoms with van der Waals surface area (Å²) in [7, 11) is -3.97. The molecule has 2 aromatic rings. The van der Waals surface area contributed by atoms with Crippen LogP contribution in [-0.4, -0.2) is 32.3 Å². The van der Waals surface area contributed by atoms with Gasteiger partial charge < -0.3 is 4.90 Å². The van der Waals surface area contributed by atoms with Gasteiger partial charge in [-0.05, 0) is 49.1 Å². The molecule has 1 N–H and O–H groups in total. The number of nitrogens with one attached hydrogen (secondary N) is 1. The van der Waals surface area contributed by atoms with Gasteiger partial charge in [0.15, 0.2) is 0 Å². The number of hydrogen-bond donors (Lipinski definition) is 1. The van der Waals surface area contributed by atoms with E-state index in [1.54, 1.807) is 35.2 Å². The molecule has 26 heavy (non-hydrogen) atoms. The molecule has 1 fully saturated rings. The Bertz CT molecular complexity index is 848. The van der Waals surface area contributed by atoms with Crippen molar-refractivity contribution >= 4 is 15.9 Å². The number of rotatable bonds is 5. The molecule has 0 spiro atoms. The second-order valence-electron chi connectivity index (χ2n) is 6.30. The summed E-state index contributed by atoms with van der Waals surface area (Å²) in [5, 5.41) is 0. The zero-order chi connectivity index (χ0) is 18.6. The van der Waals surface area contributed by atoms with Crippen LogP contribution in [0.3, 0.4) is 0 Å². The normalized spacial score (nSPS) is 16.3. The van der Waals surface area contributed by atoms with Gasteiger partial charge in [-0.2, -0.15) is 4.72 Å². The third kappa shape index (κ3) is 4.28. The molecule has 0 aliphatic carbocycles. The van der Waals surface area contributed by atoms with Gasteiger partial charge in [-0.25, -0.2) is 12.8 Å². The third-order valence-electron chi connectivity index (χ3n) is 4.44. The van der Waals surface area contributed by atoms with Crippen LogP contribution in [0.2, 0.25) is 0 Å². The quantitative estimate of drug-likeness (QED) is 0.873. The Balaban J connectivity index is 1.90. The van der Waals surface area contributed by atoms with Gasteiger partial charge in [0, 0.05) is 13.1 Å². The highest BCUT2D eigenvalue weighted by molar-refractivity contribution is 7.89. The van der Waals surface area contributed by atoms with Crippen molar-refractivity contribution in [2.75, 3.05) is 13.1 Å². The van der Waals surface area contributed by atoms with Crippen LogP contribution in [0.4, 0.5) is 4.39 Å². The smallest absolute Gasteiger partial charge is 0.245 e. The highest BCUT2D eigenvalue weighted by Crippen LogP contribution is 2.22. The summed E-state index contributed by atoms with van der Waals surface area (Å²) in [6.07, 6.45) is 2.90. The molecule has 1 heterocycles. The molecule has 5 nitrogen and oxygen atoms in total. The molecule has 3 rings (SSSR count). The monoisotopic (exact) mass is 376 g/mol. The number of benzene rings is 2. The van der Waals surface area contributed by atoms with Gasteiger partial charge >= 0.3 is 0 Å². The van der Waals surface area contributed by atoms with Crippen LogP contribution in [0, 0.1) is 5.82 Å². The molecule has 7 heteroatoms. The number of piperidine rings is 1. The first kappa shape index (κ1) is 18.5. The van der Waals surface area contributed by atoms with Gasteiger partial charge in [0.1, 0.15) is 11.9 Å². The van der Waals surface area contributed by atoms with E-state index in [9.17, 15) is 17.6 Å². The zero-order valence-corrected chi connectivity index (χ0v) is 15.1. The minimum absolute atomic E-state index is 0.0775. The Morgan fingerprint density at radius 3 is 2.19 bits per heavy atom. The van der Waals surface area contributed by atoms with E-state index < -0.39 is 21.9 Å². The Labute approximate surface area is 152 Å². The summed E-state index contributed by atoms with van der Waals surface area (Å²) in [4.78, 5) is 14.6. The van der Waals surface area contributed by atoms with Crippen LogP contribution in [0.25, 0.3) is 0 Å². The maximum Gasteiger partial charge on any atom is 0.245 e. The van der Waals surface area contributed by atoms with Crippen LogP contribution < -0.4 is 4.72 Å². The van der Waals surface area contributed by atoms with Crippen LogP contribution in [-0.2, 0) is 14.8 Å². The number of amides is 1. The lowest BCUT2D eigenvalue weighted by molar-refractivity contribution is -0.134. The maximum atomic E-state index is 13.1. The van der Waals surface area contributed by atoms with Gasteiger partial charge in [0.2, 0.25) is 15.9 Å². The highest BCUT2D eigenvalue weighted by Gasteiger charge is 2.31. The first-order chi connectivity index (χ1) is 12.5. The number of carbonyl (C=O) groups excluding carboxylic acids is 1. The summed E-state index contributed by atoms with van der Waals surface area (Å²) in [6.45, 7) is 1.25. The number of sulfonamides is 1. The van der Waals surface area contributed by atoms with Crippen molar-refractivity contribution in [3.63, 3.8) is 0 Å². The molecule has 0 unspecified atom stereocenters. The summed E-state index contributed by atoms with van der Waals surface area (Å²) in [5.74, 6) is -0.783. The van der Waals surface area contributed by atoms with Crippen molar-refractivity contribution in [3.05, 3.63) is 66.0 Å². The van der Waals surface area contributed by atoms with Crippen LogP contribution in [0.15, 0.2) is 59.5 Å². The number of likely N-dealkylation sites (tertiary alicyclic amines) is 1. The molecule has 1 aliphatic rings. The molecule has 1 aliphatic heterocycles. The number of halogens is 1. The summed E-state index contributed by atoms with van der Waals surface area (Å²) < 4.78 is 41.0. The minimum Gasteiger partial charge on any atom is -0.341 e. The highest BCUT2D eigenvalue weighted by atomic mass is 32.2. The molecular weight excluding hydrogens is 355 g/mol. The van der Waals surface area contributed by atoms with Crippen molar-refractivity contribution in [2.45, 2.75) is 30.2 Å². The van der Waals surface area contributed by atoms with Crippen molar-refractivity contribution in [3.8, 4) is 0 Å². The van der Waals surface area contributed by atoms with E-state index in [-0.39, 0.29) is 10.8 Å². The van der Waals surface area contributed by atoms with E-state index in [1.165, 1.54) is 12.1 Å². The zero-order valence-electron chi connectivity index (χ0n) is 14.3. The fraction of sp³-hybridized carbons (Fsp3) is 0.316. The molecule has 1 amide bonds. The molecule has 1 saturated heterocycles. The lowest BCUT2D eigenvalue weighted by Gasteiger charge is -2.30. The van der Waals surface area contributed by atoms with Crippen molar-refractivity contribution in [1.29, 1.82) is 0 Å². The molecule has 2 aromatic carbocycles. The van der Waals surface area contributed by atoms with Gasteiger partial charge in [-0.3, -0.25) is 4.79 Å². The largest absolute Gasteiger partial charge is 0.341 e. The second-order valence-corrected chi connectivity index (χ2v) is 8.02. The van der Waals surface area contributed by atoms with Crippen LogP contribution in [0.5, 0.6) is 0 Å². The first-order valence-corrected chi connectivity index (χ1v) is 10.1. The van der Waals surface area contributed by atoms with E-state index in [4.69, 9.17) is 0 Å². The lowest BCUT2D eigenvalue weighted by Crippen LogP contribution is -2.44. The fourth-order valence-electron chi connectivity index (χ4n) is 3.04. The topological polar surface area (TPSA) is 66.5 Å². The van der Waals surface area contributed by atoms with E-state index in [0.717, 1.165) is 31.4 Å². The van der Waals surface area contributed by atoms with E-state index in [0.29, 0.717) is 18.7 Å². The van der Waals surface area contributed by atoms with E-state index in [2.05, 4.69) is 4.72 Å². The average molecular weight is 376 g/mol. The molecule has 0 bridgehead atoms. The maximum absolute atomic E-state index is 13.1. The Hall–Kier alpha value is -2.25. The molecule has 0 saturated carbocycles. The van der Waals surface area contributed by atoms with Crippen LogP contribution >= 0.6 is 0 Å². The van der Waals surface area contributed by atoms with Gasteiger partial charge in [-0.1, -0.05) is 30.3 Å². The second kappa shape index (κ2) is 7.97. The fourth-order valence-corrected chi connectivity index (χ4v) is 4.22. The third-order valence-corrected chi connectivity index (χ3v) is 5.88. The summed E-state index contributed by atoms with van der Waals surface area (Å²) in [6, 6.07) is 12.3.